The standard InChI is InChI=1S/C20H23N3OS/c1-15-2-7-19(24-15)12-21-17-8-10-23(11-9-17)18-5-3-16(4-6-18)20-13-25-14-22-20/h2-7,13-14,17,21H,8-12H2,1H3. The molecule has 0 radical (unpaired) electrons. The van der Waals surface area contributed by atoms with Crippen molar-refractivity contribution in [1.82, 2.24) is 10.3 Å². The molecule has 1 fully saturated rings. The fourth-order valence-corrected chi connectivity index (χ4v) is 3.93. The Kier molecular flexibility index (Phi) is 4.85. The van der Waals surface area contributed by atoms with Gasteiger partial charge in [0, 0.05) is 35.8 Å². The van der Waals surface area contributed by atoms with Crippen LogP contribution in [0.4, 0.5) is 5.69 Å². The van der Waals surface area contributed by atoms with E-state index in [9.17, 15) is 0 Å². The first-order valence-electron chi connectivity index (χ1n) is 8.80. The highest BCUT2D eigenvalue weighted by atomic mass is 32.1. The molecule has 1 saturated heterocycles. The number of piperidine rings is 1. The third-order valence-electron chi connectivity index (χ3n) is 4.82. The molecule has 0 spiro atoms. The lowest BCUT2D eigenvalue weighted by atomic mass is 10.0. The van der Waals surface area contributed by atoms with Gasteiger partial charge in [0.1, 0.15) is 11.5 Å². The minimum atomic E-state index is 0.566. The number of furan rings is 1. The van der Waals surface area contributed by atoms with Crippen LogP contribution < -0.4 is 10.2 Å². The Hall–Kier alpha value is -2.11. The van der Waals surface area contributed by atoms with Crippen LogP contribution in [0.5, 0.6) is 0 Å². The number of anilines is 1. The highest BCUT2D eigenvalue weighted by Crippen LogP contribution is 2.25. The van der Waals surface area contributed by atoms with Crippen LogP contribution in [-0.2, 0) is 6.54 Å². The summed E-state index contributed by atoms with van der Waals surface area (Å²) in [5.74, 6) is 2.00. The van der Waals surface area contributed by atoms with Crippen molar-refractivity contribution in [1.29, 1.82) is 0 Å². The smallest absolute Gasteiger partial charge is 0.117 e. The minimum absolute atomic E-state index is 0.566. The maximum atomic E-state index is 5.63. The van der Waals surface area contributed by atoms with Gasteiger partial charge >= 0.3 is 0 Å². The normalized spacial score (nSPS) is 15.6. The summed E-state index contributed by atoms with van der Waals surface area (Å²) in [6.45, 7) is 4.98. The van der Waals surface area contributed by atoms with E-state index in [0.717, 1.165) is 49.7 Å². The van der Waals surface area contributed by atoms with E-state index >= 15 is 0 Å². The molecule has 0 bridgehead atoms. The molecule has 0 amide bonds. The molecule has 3 heterocycles. The van der Waals surface area contributed by atoms with Crippen molar-refractivity contribution >= 4 is 17.0 Å². The third kappa shape index (κ3) is 3.94. The molecule has 4 nitrogen and oxygen atoms in total. The topological polar surface area (TPSA) is 41.3 Å². The van der Waals surface area contributed by atoms with E-state index in [2.05, 4.69) is 50.9 Å². The van der Waals surface area contributed by atoms with Crippen LogP contribution in [-0.4, -0.2) is 24.1 Å². The summed E-state index contributed by atoms with van der Waals surface area (Å²) in [7, 11) is 0. The summed E-state index contributed by atoms with van der Waals surface area (Å²) in [5, 5.41) is 5.71. The van der Waals surface area contributed by atoms with Gasteiger partial charge in [0.25, 0.3) is 0 Å². The average molecular weight is 353 g/mol. The first kappa shape index (κ1) is 16.4. The molecule has 1 aliphatic heterocycles. The van der Waals surface area contributed by atoms with Crippen molar-refractivity contribution in [2.75, 3.05) is 18.0 Å². The molecule has 0 atom stereocenters. The third-order valence-corrected chi connectivity index (χ3v) is 5.40. The molecule has 3 aromatic rings. The first-order valence-corrected chi connectivity index (χ1v) is 9.74. The van der Waals surface area contributed by atoms with Crippen LogP contribution in [0.15, 0.2) is 51.7 Å². The molecule has 1 aliphatic rings. The second-order valence-electron chi connectivity index (χ2n) is 6.58. The molecule has 5 heteroatoms. The zero-order valence-corrected chi connectivity index (χ0v) is 15.3. The number of benzene rings is 1. The fraction of sp³-hybridized carbons (Fsp3) is 0.350. The van der Waals surface area contributed by atoms with Gasteiger partial charge in [-0.05, 0) is 44.0 Å². The van der Waals surface area contributed by atoms with Crippen LogP contribution in [0.25, 0.3) is 11.3 Å². The second-order valence-corrected chi connectivity index (χ2v) is 7.29. The maximum absolute atomic E-state index is 5.63. The molecule has 4 rings (SSSR count). The number of nitrogens with zero attached hydrogens (tertiary/aromatic N) is 2. The molecular weight excluding hydrogens is 330 g/mol. The lowest BCUT2D eigenvalue weighted by molar-refractivity contribution is 0.384. The summed E-state index contributed by atoms with van der Waals surface area (Å²) < 4.78 is 5.63. The van der Waals surface area contributed by atoms with Gasteiger partial charge in [-0.25, -0.2) is 4.98 Å². The number of thiazole rings is 1. The number of aryl methyl sites for hydroxylation is 1. The van der Waals surface area contributed by atoms with Gasteiger partial charge in [-0.2, -0.15) is 0 Å². The zero-order chi connectivity index (χ0) is 17.1. The van der Waals surface area contributed by atoms with Crippen molar-refractivity contribution in [3.05, 3.63) is 58.8 Å². The van der Waals surface area contributed by atoms with Gasteiger partial charge in [-0.15, -0.1) is 11.3 Å². The van der Waals surface area contributed by atoms with Crippen LogP contribution in [0, 0.1) is 6.92 Å². The van der Waals surface area contributed by atoms with E-state index in [1.54, 1.807) is 11.3 Å². The van der Waals surface area contributed by atoms with Gasteiger partial charge in [0.05, 0.1) is 17.7 Å². The van der Waals surface area contributed by atoms with Gasteiger partial charge in [-0.1, -0.05) is 12.1 Å². The lowest BCUT2D eigenvalue weighted by Crippen LogP contribution is -2.42. The first-order chi connectivity index (χ1) is 12.3. The fourth-order valence-electron chi connectivity index (χ4n) is 3.36. The highest BCUT2D eigenvalue weighted by Gasteiger charge is 2.19. The number of nitrogens with one attached hydrogen (secondary N) is 1. The molecule has 1 aromatic carbocycles. The minimum Gasteiger partial charge on any atom is -0.465 e. The zero-order valence-electron chi connectivity index (χ0n) is 14.4. The van der Waals surface area contributed by atoms with Gasteiger partial charge < -0.3 is 14.6 Å². The van der Waals surface area contributed by atoms with Crippen molar-refractivity contribution in [3.63, 3.8) is 0 Å². The number of hydrogen-bond donors (Lipinski definition) is 1. The number of rotatable bonds is 5. The molecule has 2 aromatic heterocycles. The molecule has 25 heavy (non-hydrogen) atoms. The van der Waals surface area contributed by atoms with E-state index in [0.29, 0.717) is 6.04 Å². The van der Waals surface area contributed by atoms with E-state index < -0.39 is 0 Å². The van der Waals surface area contributed by atoms with Crippen molar-refractivity contribution < 1.29 is 4.42 Å². The Balaban J connectivity index is 1.29. The molecule has 1 N–H and O–H groups in total. The summed E-state index contributed by atoms with van der Waals surface area (Å²) in [6, 6.07) is 13.4. The maximum Gasteiger partial charge on any atom is 0.117 e. The largest absolute Gasteiger partial charge is 0.465 e. The summed E-state index contributed by atoms with van der Waals surface area (Å²) in [4.78, 5) is 6.85. The number of hydrogen-bond acceptors (Lipinski definition) is 5. The van der Waals surface area contributed by atoms with E-state index in [1.807, 2.05) is 18.5 Å². The lowest BCUT2D eigenvalue weighted by Gasteiger charge is -2.34. The van der Waals surface area contributed by atoms with Crippen molar-refractivity contribution in [2.24, 2.45) is 0 Å². The summed E-state index contributed by atoms with van der Waals surface area (Å²) in [6.07, 6.45) is 2.32. The van der Waals surface area contributed by atoms with Crippen molar-refractivity contribution in [2.45, 2.75) is 32.4 Å². The Morgan fingerprint density at radius 1 is 1.16 bits per heavy atom. The molecule has 0 saturated carbocycles. The Morgan fingerprint density at radius 3 is 2.60 bits per heavy atom. The molecule has 0 unspecified atom stereocenters. The second kappa shape index (κ2) is 7.42. The monoisotopic (exact) mass is 353 g/mol. The quantitative estimate of drug-likeness (QED) is 0.735. The summed E-state index contributed by atoms with van der Waals surface area (Å²) in [5.41, 5.74) is 5.44. The SMILES string of the molecule is Cc1ccc(CNC2CCN(c3ccc(-c4cscn4)cc3)CC2)o1. The van der Waals surface area contributed by atoms with Crippen molar-refractivity contribution in [3.8, 4) is 11.3 Å². The van der Waals surface area contributed by atoms with Crippen LogP contribution >= 0.6 is 11.3 Å². The van der Waals surface area contributed by atoms with Crippen LogP contribution in [0.1, 0.15) is 24.4 Å². The van der Waals surface area contributed by atoms with Crippen LogP contribution in [0.2, 0.25) is 0 Å². The van der Waals surface area contributed by atoms with E-state index in [-0.39, 0.29) is 0 Å². The Bertz CT molecular complexity index is 787. The molecule has 0 aliphatic carbocycles. The van der Waals surface area contributed by atoms with E-state index in [4.69, 9.17) is 4.42 Å². The van der Waals surface area contributed by atoms with Gasteiger partial charge in [0.2, 0.25) is 0 Å². The molecular formula is C20H23N3OS. The van der Waals surface area contributed by atoms with Gasteiger partial charge in [0.15, 0.2) is 0 Å². The summed E-state index contributed by atoms with van der Waals surface area (Å²) >= 11 is 1.64. The average Bonchev–Trinajstić information content (AvgIpc) is 3.32. The van der Waals surface area contributed by atoms with E-state index in [1.165, 1.54) is 11.3 Å². The van der Waals surface area contributed by atoms with Crippen LogP contribution in [0.3, 0.4) is 0 Å². The predicted molar refractivity (Wildman–Crippen MR) is 103 cm³/mol. The predicted octanol–water partition coefficient (Wildman–Crippen LogP) is 4.47. The molecule has 130 valence electrons. The highest BCUT2D eigenvalue weighted by molar-refractivity contribution is 7.07. The number of aromatic nitrogens is 1. The van der Waals surface area contributed by atoms with Gasteiger partial charge in [-0.3, -0.25) is 0 Å². The Morgan fingerprint density at radius 2 is 1.96 bits per heavy atom. The Labute approximate surface area is 152 Å².